The fourth-order valence-corrected chi connectivity index (χ4v) is 3.35. The molecule has 0 aliphatic rings. The molecule has 112 valence electrons. The number of anilines is 1. The summed E-state index contributed by atoms with van der Waals surface area (Å²) in [4.78, 5) is 12.8. The van der Waals surface area contributed by atoms with Crippen LogP contribution in [0, 0.1) is 5.82 Å². The van der Waals surface area contributed by atoms with Crippen LogP contribution >= 0.6 is 22.9 Å². The summed E-state index contributed by atoms with van der Waals surface area (Å²) in [7, 11) is 1.42. The Morgan fingerprint density at radius 3 is 2.64 bits per heavy atom. The summed E-state index contributed by atoms with van der Waals surface area (Å²) in [6.45, 7) is 0. The van der Waals surface area contributed by atoms with E-state index < -0.39 is 5.82 Å². The zero-order valence-corrected chi connectivity index (χ0v) is 13.1. The van der Waals surface area contributed by atoms with Gasteiger partial charge in [-0.05, 0) is 36.4 Å². The topological polar surface area (TPSA) is 38.3 Å². The van der Waals surface area contributed by atoms with E-state index in [1.165, 1.54) is 24.5 Å². The number of carbonyl (C=O) groups is 1. The van der Waals surface area contributed by atoms with Crippen molar-refractivity contribution >= 4 is 44.6 Å². The van der Waals surface area contributed by atoms with Gasteiger partial charge in [0.1, 0.15) is 10.7 Å². The third-order valence-electron chi connectivity index (χ3n) is 3.13. The summed E-state index contributed by atoms with van der Waals surface area (Å²) in [5.41, 5.74) is 0.606. The molecule has 0 saturated heterocycles. The van der Waals surface area contributed by atoms with Crippen molar-refractivity contribution in [2.45, 2.75) is 0 Å². The van der Waals surface area contributed by atoms with Crippen LogP contribution in [0.4, 0.5) is 10.1 Å². The lowest BCUT2D eigenvalue weighted by Gasteiger charge is -2.06. The lowest BCUT2D eigenvalue weighted by molar-refractivity contribution is 0.102. The fraction of sp³-hybridized carbons (Fsp3) is 0.0625. The molecule has 1 amide bonds. The van der Waals surface area contributed by atoms with Crippen molar-refractivity contribution in [1.29, 1.82) is 0 Å². The number of benzene rings is 2. The van der Waals surface area contributed by atoms with Gasteiger partial charge < -0.3 is 10.1 Å². The maximum absolute atomic E-state index is 14.0. The van der Waals surface area contributed by atoms with Gasteiger partial charge in [-0.1, -0.05) is 17.7 Å². The van der Waals surface area contributed by atoms with Gasteiger partial charge in [0.05, 0.1) is 12.5 Å². The number of methoxy groups -OCH3 is 1. The lowest BCUT2D eigenvalue weighted by atomic mass is 10.2. The van der Waals surface area contributed by atoms with Crippen molar-refractivity contribution in [3.05, 3.63) is 58.2 Å². The minimum Gasteiger partial charge on any atom is -0.494 e. The summed E-state index contributed by atoms with van der Waals surface area (Å²) < 4.78 is 19.9. The largest absolute Gasteiger partial charge is 0.494 e. The minimum absolute atomic E-state index is 0.254. The van der Waals surface area contributed by atoms with E-state index in [1.54, 1.807) is 36.4 Å². The van der Waals surface area contributed by atoms with Crippen molar-refractivity contribution in [2.24, 2.45) is 0 Å². The average Bonchev–Trinajstić information content (AvgIpc) is 2.89. The van der Waals surface area contributed by atoms with Gasteiger partial charge in [-0.3, -0.25) is 4.79 Å². The van der Waals surface area contributed by atoms with Gasteiger partial charge in [-0.2, -0.15) is 0 Å². The van der Waals surface area contributed by atoms with E-state index in [0.717, 1.165) is 0 Å². The molecule has 1 aromatic heterocycles. The molecule has 3 aromatic rings. The molecule has 0 saturated carbocycles. The Morgan fingerprint density at radius 2 is 1.95 bits per heavy atom. The van der Waals surface area contributed by atoms with Crippen LogP contribution in [0.25, 0.3) is 10.1 Å². The number of hydrogen-bond donors (Lipinski definition) is 1. The Morgan fingerprint density at radius 1 is 1.23 bits per heavy atom. The highest BCUT2D eigenvalue weighted by Gasteiger charge is 2.21. The molecule has 0 fully saturated rings. The second kappa shape index (κ2) is 5.94. The molecule has 0 spiro atoms. The fourth-order valence-electron chi connectivity index (χ4n) is 2.14. The molecule has 6 heteroatoms. The molecule has 0 radical (unpaired) electrons. The standard InChI is InChI=1S/C16H11ClFNO2S/c1-21-14-13-11(18)3-2-4-12(13)22-15(14)16(20)19-10-7-5-9(17)6-8-10/h2-8H,1H3,(H,19,20). The molecule has 22 heavy (non-hydrogen) atoms. The van der Waals surface area contributed by atoms with E-state index in [2.05, 4.69) is 5.32 Å². The van der Waals surface area contributed by atoms with Crippen LogP contribution in [0.1, 0.15) is 9.67 Å². The number of hydrogen-bond acceptors (Lipinski definition) is 3. The van der Waals surface area contributed by atoms with Crippen LogP contribution in [0.5, 0.6) is 5.75 Å². The molecule has 1 heterocycles. The van der Waals surface area contributed by atoms with Crippen molar-refractivity contribution < 1.29 is 13.9 Å². The average molecular weight is 336 g/mol. The van der Waals surface area contributed by atoms with Gasteiger partial charge in [-0.25, -0.2) is 4.39 Å². The quantitative estimate of drug-likeness (QED) is 0.735. The van der Waals surface area contributed by atoms with E-state index in [4.69, 9.17) is 16.3 Å². The molecule has 0 aliphatic carbocycles. The zero-order valence-electron chi connectivity index (χ0n) is 11.5. The molecule has 1 N–H and O–H groups in total. The van der Waals surface area contributed by atoms with Crippen molar-refractivity contribution in [2.75, 3.05) is 12.4 Å². The van der Waals surface area contributed by atoms with E-state index >= 15 is 0 Å². The van der Waals surface area contributed by atoms with Gasteiger partial charge in [0.25, 0.3) is 5.91 Å². The number of halogens is 2. The SMILES string of the molecule is COc1c(C(=O)Nc2ccc(Cl)cc2)sc2cccc(F)c12. The van der Waals surface area contributed by atoms with E-state index in [0.29, 0.717) is 25.7 Å². The third kappa shape index (κ3) is 2.65. The molecule has 0 unspecified atom stereocenters. The van der Waals surface area contributed by atoms with E-state index in [9.17, 15) is 9.18 Å². The van der Waals surface area contributed by atoms with Crippen LogP contribution < -0.4 is 10.1 Å². The monoisotopic (exact) mass is 335 g/mol. The predicted octanol–water partition coefficient (Wildman–Crippen LogP) is 4.95. The summed E-state index contributed by atoms with van der Waals surface area (Å²) in [5.74, 6) is -0.500. The number of fused-ring (bicyclic) bond motifs is 1. The minimum atomic E-state index is -0.406. The maximum atomic E-state index is 14.0. The van der Waals surface area contributed by atoms with Crippen LogP contribution in [0.15, 0.2) is 42.5 Å². The Hall–Kier alpha value is -2.11. The van der Waals surface area contributed by atoms with Crippen molar-refractivity contribution in [3.63, 3.8) is 0 Å². The Balaban J connectivity index is 2.00. The molecular formula is C16H11ClFNO2S. The first-order chi connectivity index (χ1) is 10.6. The predicted molar refractivity (Wildman–Crippen MR) is 87.7 cm³/mol. The van der Waals surface area contributed by atoms with Crippen LogP contribution in [0.3, 0.4) is 0 Å². The normalized spacial score (nSPS) is 10.7. The van der Waals surface area contributed by atoms with Gasteiger partial charge in [-0.15, -0.1) is 11.3 Å². The number of amides is 1. The second-order valence-corrected chi connectivity index (χ2v) is 6.03. The van der Waals surface area contributed by atoms with Gasteiger partial charge in [0, 0.05) is 15.4 Å². The highest BCUT2D eigenvalue weighted by molar-refractivity contribution is 7.21. The Kier molecular flexibility index (Phi) is 4.00. The number of rotatable bonds is 3. The zero-order chi connectivity index (χ0) is 15.7. The highest BCUT2D eigenvalue weighted by Crippen LogP contribution is 2.39. The number of thiophene rings is 1. The van der Waals surface area contributed by atoms with Gasteiger partial charge in [0.15, 0.2) is 5.75 Å². The van der Waals surface area contributed by atoms with E-state index in [1.807, 2.05) is 0 Å². The van der Waals surface area contributed by atoms with Crippen molar-refractivity contribution in [1.82, 2.24) is 0 Å². The van der Waals surface area contributed by atoms with Gasteiger partial charge in [0.2, 0.25) is 0 Å². The summed E-state index contributed by atoms with van der Waals surface area (Å²) >= 11 is 7.00. The first-order valence-corrected chi connectivity index (χ1v) is 7.61. The first kappa shape index (κ1) is 14.8. The Bertz CT molecular complexity index is 845. The molecule has 3 rings (SSSR count). The highest BCUT2D eigenvalue weighted by atomic mass is 35.5. The van der Waals surface area contributed by atoms with Crippen LogP contribution in [-0.2, 0) is 0 Å². The first-order valence-electron chi connectivity index (χ1n) is 6.42. The summed E-state index contributed by atoms with van der Waals surface area (Å²) in [6, 6.07) is 11.5. The molecule has 2 aromatic carbocycles. The molecular weight excluding hydrogens is 325 g/mol. The summed E-state index contributed by atoms with van der Waals surface area (Å²) in [5, 5.41) is 3.66. The van der Waals surface area contributed by atoms with Crippen LogP contribution in [-0.4, -0.2) is 13.0 Å². The molecule has 0 atom stereocenters. The summed E-state index contributed by atoms with van der Waals surface area (Å²) in [6.07, 6.45) is 0. The second-order valence-electron chi connectivity index (χ2n) is 4.54. The maximum Gasteiger partial charge on any atom is 0.269 e. The molecule has 3 nitrogen and oxygen atoms in total. The Labute approximate surface area is 135 Å². The number of carbonyl (C=O) groups excluding carboxylic acids is 1. The number of nitrogens with one attached hydrogen (secondary N) is 1. The number of ether oxygens (including phenoxy) is 1. The van der Waals surface area contributed by atoms with Crippen molar-refractivity contribution in [3.8, 4) is 5.75 Å². The lowest BCUT2D eigenvalue weighted by Crippen LogP contribution is -2.11. The molecule has 0 bridgehead atoms. The van der Waals surface area contributed by atoms with Gasteiger partial charge >= 0.3 is 0 Å². The smallest absolute Gasteiger partial charge is 0.269 e. The van der Waals surface area contributed by atoms with E-state index in [-0.39, 0.29) is 11.7 Å². The van der Waals surface area contributed by atoms with Crippen LogP contribution in [0.2, 0.25) is 5.02 Å². The molecule has 0 aliphatic heterocycles. The third-order valence-corrected chi connectivity index (χ3v) is 4.52.